The molecule has 3 N–H and O–H groups in total. The van der Waals surface area contributed by atoms with E-state index in [0.29, 0.717) is 31.3 Å². The lowest BCUT2D eigenvalue weighted by atomic mass is 9.99. The van der Waals surface area contributed by atoms with Crippen LogP contribution in [0.5, 0.6) is 0 Å². The zero-order valence-corrected chi connectivity index (χ0v) is 10.1. The normalized spacial score (nSPS) is 14.6. The number of hydrogen-bond donors (Lipinski definition) is 2. The zero-order valence-electron chi connectivity index (χ0n) is 9.29. The maximum Gasteiger partial charge on any atom is 0.211 e. The summed E-state index contributed by atoms with van der Waals surface area (Å²) in [5.41, 5.74) is 5.25. The molecule has 1 atom stereocenters. The van der Waals surface area contributed by atoms with Crippen molar-refractivity contribution >= 4 is 10.0 Å². The van der Waals surface area contributed by atoms with Crippen molar-refractivity contribution in [2.75, 3.05) is 18.8 Å². The first kappa shape index (κ1) is 13.9. The quantitative estimate of drug-likeness (QED) is 0.660. The minimum Gasteiger partial charge on any atom is -0.330 e. The van der Waals surface area contributed by atoms with Crippen molar-refractivity contribution in [3.63, 3.8) is 0 Å². The summed E-state index contributed by atoms with van der Waals surface area (Å²) in [6, 6.07) is 0. The maximum absolute atomic E-state index is 11.3. The van der Waals surface area contributed by atoms with E-state index in [1.54, 1.807) is 0 Å². The Hall–Kier alpha value is -0.130. The molecule has 0 aromatic heterocycles. The monoisotopic (exact) mass is 222 g/mol. The Labute approximate surface area is 87.3 Å². The minimum atomic E-state index is -3.10. The van der Waals surface area contributed by atoms with Gasteiger partial charge in [0.1, 0.15) is 0 Å². The van der Waals surface area contributed by atoms with Gasteiger partial charge in [-0.3, -0.25) is 0 Å². The molecule has 4 nitrogen and oxygen atoms in total. The zero-order chi connectivity index (χ0) is 11.2. The number of nitrogens with one attached hydrogen (secondary N) is 1. The minimum absolute atomic E-state index is 0.133. The standard InChI is InChI=1S/C9H22N2O2S/c1-8(2)9(3)7-11-14(12,13)6-4-5-10/h8-9,11H,4-7,10H2,1-3H3. The van der Waals surface area contributed by atoms with Crippen molar-refractivity contribution in [3.05, 3.63) is 0 Å². The van der Waals surface area contributed by atoms with Crippen LogP contribution in [0.15, 0.2) is 0 Å². The van der Waals surface area contributed by atoms with E-state index in [-0.39, 0.29) is 5.75 Å². The van der Waals surface area contributed by atoms with Gasteiger partial charge in [-0.15, -0.1) is 0 Å². The van der Waals surface area contributed by atoms with Crippen LogP contribution in [0.1, 0.15) is 27.2 Å². The summed E-state index contributed by atoms with van der Waals surface area (Å²) in [5.74, 6) is 0.990. The predicted octanol–water partition coefficient (Wildman–Crippen LogP) is 0.547. The number of hydrogen-bond acceptors (Lipinski definition) is 3. The summed E-state index contributed by atoms with van der Waals surface area (Å²) in [6.07, 6.45) is 0.519. The first-order valence-corrected chi connectivity index (χ1v) is 6.71. The van der Waals surface area contributed by atoms with E-state index in [1.807, 2.05) is 6.92 Å². The molecule has 0 amide bonds. The van der Waals surface area contributed by atoms with Crippen molar-refractivity contribution in [1.82, 2.24) is 4.72 Å². The van der Waals surface area contributed by atoms with Crippen molar-refractivity contribution in [2.45, 2.75) is 27.2 Å². The van der Waals surface area contributed by atoms with Gasteiger partial charge < -0.3 is 5.73 Å². The topological polar surface area (TPSA) is 72.2 Å². The largest absolute Gasteiger partial charge is 0.330 e. The molecule has 0 saturated carbocycles. The van der Waals surface area contributed by atoms with Gasteiger partial charge in [0.25, 0.3) is 0 Å². The molecular formula is C9H22N2O2S. The molecule has 5 heteroatoms. The molecule has 0 aliphatic rings. The Bertz CT molecular complexity index is 237. The van der Waals surface area contributed by atoms with Crippen LogP contribution in [0.2, 0.25) is 0 Å². The second-order valence-electron chi connectivity index (χ2n) is 4.03. The highest BCUT2D eigenvalue weighted by Crippen LogP contribution is 2.08. The summed E-state index contributed by atoms with van der Waals surface area (Å²) in [6.45, 7) is 7.14. The van der Waals surface area contributed by atoms with Crippen LogP contribution in [0.4, 0.5) is 0 Å². The van der Waals surface area contributed by atoms with Crippen molar-refractivity contribution in [3.8, 4) is 0 Å². The van der Waals surface area contributed by atoms with Gasteiger partial charge in [0.15, 0.2) is 0 Å². The number of nitrogens with two attached hydrogens (primary N) is 1. The molecule has 0 spiro atoms. The van der Waals surface area contributed by atoms with Gasteiger partial charge in [-0.25, -0.2) is 13.1 Å². The van der Waals surface area contributed by atoms with Gasteiger partial charge in [-0.1, -0.05) is 20.8 Å². The number of sulfonamides is 1. The van der Waals surface area contributed by atoms with Gasteiger partial charge in [-0.2, -0.15) is 0 Å². The predicted molar refractivity (Wildman–Crippen MR) is 59.5 cm³/mol. The summed E-state index contributed by atoms with van der Waals surface area (Å²) >= 11 is 0. The van der Waals surface area contributed by atoms with E-state index in [9.17, 15) is 8.42 Å². The molecule has 0 saturated heterocycles. The second-order valence-corrected chi connectivity index (χ2v) is 5.96. The van der Waals surface area contributed by atoms with Gasteiger partial charge in [0.2, 0.25) is 10.0 Å². The molecule has 0 fully saturated rings. The van der Waals surface area contributed by atoms with E-state index < -0.39 is 10.0 Å². The molecular weight excluding hydrogens is 200 g/mol. The lowest BCUT2D eigenvalue weighted by Crippen LogP contribution is -2.32. The smallest absolute Gasteiger partial charge is 0.211 e. The van der Waals surface area contributed by atoms with Crippen LogP contribution in [-0.4, -0.2) is 27.3 Å². The fourth-order valence-electron chi connectivity index (χ4n) is 0.840. The average Bonchev–Trinajstić information content (AvgIpc) is 2.11. The summed E-state index contributed by atoms with van der Waals surface area (Å²) in [7, 11) is -3.10. The molecule has 0 bridgehead atoms. The molecule has 0 rings (SSSR count). The lowest BCUT2D eigenvalue weighted by molar-refractivity contribution is 0.414. The van der Waals surface area contributed by atoms with Gasteiger partial charge in [-0.05, 0) is 24.8 Å². The van der Waals surface area contributed by atoms with Gasteiger partial charge in [0.05, 0.1) is 5.75 Å². The van der Waals surface area contributed by atoms with Gasteiger partial charge in [0, 0.05) is 6.54 Å². The molecule has 0 radical (unpaired) electrons. The Balaban J connectivity index is 3.87. The maximum atomic E-state index is 11.3. The van der Waals surface area contributed by atoms with Crippen LogP contribution < -0.4 is 10.5 Å². The number of rotatable bonds is 7. The SMILES string of the molecule is CC(C)C(C)CNS(=O)(=O)CCCN. The Kier molecular flexibility index (Phi) is 6.31. The fraction of sp³-hybridized carbons (Fsp3) is 1.00. The summed E-state index contributed by atoms with van der Waals surface area (Å²) < 4.78 is 25.3. The van der Waals surface area contributed by atoms with Crippen molar-refractivity contribution < 1.29 is 8.42 Å². The first-order valence-electron chi connectivity index (χ1n) is 5.06. The molecule has 1 unspecified atom stereocenters. The van der Waals surface area contributed by atoms with Crippen LogP contribution in [-0.2, 0) is 10.0 Å². The summed E-state index contributed by atoms with van der Waals surface area (Å²) in [5, 5.41) is 0. The van der Waals surface area contributed by atoms with Crippen LogP contribution >= 0.6 is 0 Å². The highest BCUT2D eigenvalue weighted by Gasteiger charge is 2.13. The van der Waals surface area contributed by atoms with Crippen LogP contribution in [0.3, 0.4) is 0 Å². The fourth-order valence-corrected chi connectivity index (χ4v) is 2.05. The Morgan fingerprint density at radius 3 is 2.29 bits per heavy atom. The molecule has 0 aliphatic heterocycles. The molecule has 0 heterocycles. The van der Waals surface area contributed by atoms with E-state index in [2.05, 4.69) is 18.6 Å². The molecule has 14 heavy (non-hydrogen) atoms. The Morgan fingerprint density at radius 1 is 1.29 bits per heavy atom. The highest BCUT2D eigenvalue weighted by atomic mass is 32.2. The van der Waals surface area contributed by atoms with E-state index >= 15 is 0 Å². The van der Waals surface area contributed by atoms with E-state index in [1.165, 1.54) is 0 Å². The molecule has 86 valence electrons. The van der Waals surface area contributed by atoms with Crippen molar-refractivity contribution in [1.29, 1.82) is 0 Å². The molecule has 0 aliphatic carbocycles. The average molecular weight is 222 g/mol. The van der Waals surface area contributed by atoms with Crippen LogP contribution in [0, 0.1) is 11.8 Å². The highest BCUT2D eigenvalue weighted by molar-refractivity contribution is 7.89. The third kappa shape index (κ3) is 6.34. The summed E-state index contributed by atoms with van der Waals surface area (Å²) in [4.78, 5) is 0. The van der Waals surface area contributed by atoms with Gasteiger partial charge >= 0.3 is 0 Å². The second kappa shape index (κ2) is 6.37. The Morgan fingerprint density at radius 2 is 1.86 bits per heavy atom. The molecule has 0 aromatic rings. The van der Waals surface area contributed by atoms with E-state index in [0.717, 1.165) is 0 Å². The lowest BCUT2D eigenvalue weighted by Gasteiger charge is -2.15. The van der Waals surface area contributed by atoms with Crippen LogP contribution in [0.25, 0.3) is 0 Å². The molecule has 0 aromatic carbocycles. The van der Waals surface area contributed by atoms with Crippen molar-refractivity contribution in [2.24, 2.45) is 17.6 Å². The first-order chi connectivity index (χ1) is 6.39. The third-order valence-corrected chi connectivity index (χ3v) is 3.81. The van der Waals surface area contributed by atoms with E-state index in [4.69, 9.17) is 5.73 Å². The third-order valence-electron chi connectivity index (χ3n) is 2.38.